The van der Waals surface area contributed by atoms with Crippen molar-refractivity contribution in [2.24, 2.45) is 0 Å². The first kappa shape index (κ1) is 18.9. The van der Waals surface area contributed by atoms with Gasteiger partial charge in [0.2, 0.25) is 6.10 Å². The lowest BCUT2D eigenvalue weighted by molar-refractivity contribution is -0.137. The summed E-state index contributed by atoms with van der Waals surface area (Å²) in [5.41, 5.74) is 2.06. The lowest BCUT2D eigenvalue weighted by Crippen LogP contribution is -2.35. The Morgan fingerprint density at radius 3 is 1.90 bits per heavy atom. The average molecular weight is 385 g/mol. The van der Waals surface area contributed by atoms with Gasteiger partial charge in [-0.05, 0) is 37.1 Å². The van der Waals surface area contributed by atoms with Gasteiger partial charge in [0.25, 0.3) is 5.91 Å². The van der Waals surface area contributed by atoms with Gasteiger partial charge in [-0.15, -0.1) is 0 Å². The Morgan fingerprint density at radius 1 is 0.724 bits per heavy atom. The lowest BCUT2D eigenvalue weighted by Gasteiger charge is -2.24. The third-order valence-corrected chi connectivity index (χ3v) is 5.15. The van der Waals surface area contributed by atoms with Crippen LogP contribution in [0.4, 0.5) is 0 Å². The van der Waals surface area contributed by atoms with Gasteiger partial charge in [0.15, 0.2) is 5.78 Å². The maximum Gasteiger partial charge on any atom is 0.268 e. The number of nitrogens with zero attached hydrogens (tertiary/aromatic N) is 1. The number of hydrogen-bond donors (Lipinski definition) is 0. The van der Waals surface area contributed by atoms with Crippen molar-refractivity contribution in [1.29, 1.82) is 0 Å². The lowest BCUT2D eigenvalue weighted by atomic mass is 10.0. The summed E-state index contributed by atoms with van der Waals surface area (Å²) >= 11 is 0. The topological polar surface area (TPSA) is 46.6 Å². The van der Waals surface area contributed by atoms with Gasteiger partial charge in [-0.1, -0.05) is 60.7 Å². The summed E-state index contributed by atoms with van der Waals surface area (Å²) in [6, 6.07) is 25.7. The van der Waals surface area contributed by atoms with Gasteiger partial charge < -0.3 is 9.64 Å². The standard InChI is InChI=1S/C25H23NO3/c27-23(19-9-3-1-4-10-19)20-13-15-22(16-14-20)29-24(21-11-5-2-6-12-21)25(28)26-17-7-8-18-26/h1-6,9-16,24H,7-8,17-18H2/t24-/m1/s1. The molecule has 4 rings (SSSR count). The van der Waals surface area contributed by atoms with Gasteiger partial charge in [-0.3, -0.25) is 9.59 Å². The Bertz CT molecular complexity index is 962. The van der Waals surface area contributed by atoms with Gasteiger partial charge in [-0.25, -0.2) is 0 Å². The molecule has 1 atom stereocenters. The molecule has 3 aromatic rings. The maximum atomic E-state index is 13.1. The van der Waals surface area contributed by atoms with Gasteiger partial charge in [-0.2, -0.15) is 0 Å². The molecule has 1 heterocycles. The number of rotatable bonds is 6. The zero-order chi connectivity index (χ0) is 20.1. The van der Waals surface area contributed by atoms with Gasteiger partial charge in [0.05, 0.1) is 0 Å². The van der Waals surface area contributed by atoms with Crippen molar-refractivity contribution in [2.75, 3.05) is 13.1 Å². The highest BCUT2D eigenvalue weighted by atomic mass is 16.5. The quantitative estimate of drug-likeness (QED) is 0.580. The molecule has 1 aliphatic rings. The van der Waals surface area contributed by atoms with Crippen LogP contribution in [0.5, 0.6) is 5.75 Å². The molecule has 0 saturated carbocycles. The molecule has 0 N–H and O–H groups in total. The molecule has 1 aliphatic heterocycles. The van der Waals surface area contributed by atoms with Crippen LogP contribution < -0.4 is 4.74 Å². The molecule has 0 unspecified atom stereocenters. The number of benzene rings is 3. The molecule has 0 radical (unpaired) electrons. The SMILES string of the molecule is O=C(c1ccccc1)c1ccc(O[C@@H](C(=O)N2CCCC2)c2ccccc2)cc1. The molecule has 0 aliphatic carbocycles. The van der Waals surface area contributed by atoms with Crippen LogP contribution in [0, 0.1) is 0 Å². The monoisotopic (exact) mass is 385 g/mol. The summed E-state index contributed by atoms with van der Waals surface area (Å²) in [4.78, 5) is 27.5. The molecule has 1 amide bonds. The molecular weight excluding hydrogens is 362 g/mol. The van der Waals surface area contributed by atoms with Crippen molar-refractivity contribution in [3.05, 3.63) is 102 Å². The van der Waals surface area contributed by atoms with Crippen LogP contribution in [0.3, 0.4) is 0 Å². The van der Waals surface area contributed by atoms with Crippen LogP contribution >= 0.6 is 0 Å². The molecule has 3 aromatic carbocycles. The van der Waals surface area contributed by atoms with Crippen LogP contribution in [0.1, 0.15) is 40.4 Å². The van der Waals surface area contributed by atoms with Crippen LogP contribution in [0.2, 0.25) is 0 Å². The minimum absolute atomic E-state index is 0.0156. The largest absolute Gasteiger partial charge is 0.476 e. The van der Waals surface area contributed by atoms with E-state index in [0.29, 0.717) is 16.9 Å². The average Bonchev–Trinajstić information content (AvgIpc) is 3.33. The van der Waals surface area contributed by atoms with E-state index in [4.69, 9.17) is 4.74 Å². The second kappa shape index (κ2) is 8.74. The van der Waals surface area contributed by atoms with E-state index >= 15 is 0 Å². The molecule has 1 fully saturated rings. The van der Waals surface area contributed by atoms with Gasteiger partial charge in [0.1, 0.15) is 5.75 Å². The van der Waals surface area contributed by atoms with E-state index in [2.05, 4.69) is 0 Å². The molecule has 4 heteroatoms. The zero-order valence-corrected chi connectivity index (χ0v) is 16.2. The Kier molecular flexibility index (Phi) is 5.71. The van der Waals surface area contributed by atoms with E-state index in [0.717, 1.165) is 31.5 Å². The minimum Gasteiger partial charge on any atom is -0.476 e. The van der Waals surface area contributed by atoms with Crippen LogP contribution in [0.15, 0.2) is 84.9 Å². The summed E-state index contributed by atoms with van der Waals surface area (Å²) in [5.74, 6) is 0.513. The Labute approximate surface area is 170 Å². The predicted molar refractivity (Wildman–Crippen MR) is 112 cm³/mol. The second-order valence-corrected chi connectivity index (χ2v) is 7.16. The number of ketones is 1. The number of carbonyl (C=O) groups excluding carboxylic acids is 2. The van der Waals surface area contributed by atoms with Crippen LogP contribution in [-0.2, 0) is 4.79 Å². The van der Waals surface area contributed by atoms with Crippen LogP contribution in [-0.4, -0.2) is 29.7 Å². The summed E-state index contributed by atoms with van der Waals surface area (Å²) in [6.45, 7) is 1.55. The van der Waals surface area contributed by atoms with E-state index in [9.17, 15) is 9.59 Å². The van der Waals surface area contributed by atoms with E-state index in [1.807, 2.05) is 53.4 Å². The smallest absolute Gasteiger partial charge is 0.268 e. The zero-order valence-electron chi connectivity index (χ0n) is 16.2. The fourth-order valence-electron chi connectivity index (χ4n) is 3.57. The highest BCUT2D eigenvalue weighted by molar-refractivity contribution is 6.09. The van der Waals surface area contributed by atoms with E-state index < -0.39 is 6.10 Å². The minimum atomic E-state index is -0.690. The van der Waals surface area contributed by atoms with E-state index in [1.54, 1.807) is 36.4 Å². The van der Waals surface area contributed by atoms with Gasteiger partial charge >= 0.3 is 0 Å². The molecule has 0 spiro atoms. The van der Waals surface area contributed by atoms with Crippen molar-refractivity contribution in [2.45, 2.75) is 18.9 Å². The molecular formula is C25H23NO3. The summed E-state index contributed by atoms with van der Waals surface area (Å²) < 4.78 is 6.11. The summed E-state index contributed by atoms with van der Waals surface area (Å²) in [6.07, 6.45) is 1.37. The third-order valence-electron chi connectivity index (χ3n) is 5.15. The third kappa shape index (κ3) is 4.37. The van der Waals surface area contributed by atoms with E-state index in [-0.39, 0.29) is 11.7 Å². The number of hydrogen-bond acceptors (Lipinski definition) is 3. The molecule has 29 heavy (non-hydrogen) atoms. The molecule has 0 aromatic heterocycles. The van der Waals surface area contributed by atoms with Crippen molar-refractivity contribution >= 4 is 11.7 Å². The van der Waals surface area contributed by atoms with Crippen molar-refractivity contribution in [1.82, 2.24) is 4.90 Å². The Hall–Kier alpha value is -3.40. The highest BCUT2D eigenvalue weighted by Crippen LogP contribution is 2.26. The van der Waals surface area contributed by atoms with Crippen molar-refractivity contribution in [3.63, 3.8) is 0 Å². The van der Waals surface area contributed by atoms with Gasteiger partial charge in [0, 0.05) is 29.8 Å². The predicted octanol–water partition coefficient (Wildman–Crippen LogP) is 4.66. The first-order valence-corrected chi connectivity index (χ1v) is 9.92. The Morgan fingerprint density at radius 2 is 1.28 bits per heavy atom. The van der Waals surface area contributed by atoms with E-state index in [1.165, 1.54) is 0 Å². The molecule has 4 nitrogen and oxygen atoms in total. The number of carbonyl (C=O) groups is 2. The highest BCUT2D eigenvalue weighted by Gasteiger charge is 2.29. The first-order valence-electron chi connectivity index (χ1n) is 9.92. The molecule has 1 saturated heterocycles. The summed E-state index contributed by atoms with van der Waals surface area (Å²) in [7, 11) is 0. The fraction of sp³-hybridized carbons (Fsp3) is 0.200. The van der Waals surface area contributed by atoms with Crippen LogP contribution in [0.25, 0.3) is 0 Å². The normalized spacial score (nSPS) is 14.4. The van der Waals surface area contributed by atoms with Crippen molar-refractivity contribution < 1.29 is 14.3 Å². The first-order chi connectivity index (χ1) is 14.2. The molecule has 0 bridgehead atoms. The van der Waals surface area contributed by atoms with Crippen molar-refractivity contribution in [3.8, 4) is 5.75 Å². The molecule has 146 valence electrons. The maximum absolute atomic E-state index is 13.1. The Balaban J connectivity index is 1.54. The fourth-order valence-corrected chi connectivity index (χ4v) is 3.57. The number of likely N-dealkylation sites (tertiary alicyclic amines) is 1. The number of amides is 1. The summed E-state index contributed by atoms with van der Waals surface area (Å²) in [5, 5.41) is 0. The number of ether oxygens (including phenoxy) is 1. The second-order valence-electron chi connectivity index (χ2n) is 7.16.